The quantitative estimate of drug-likeness (QED) is 0.0184. The normalized spacial score (nSPS) is 15.5. The topological polar surface area (TPSA) is 273 Å². The van der Waals surface area contributed by atoms with E-state index in [0.717, 1.165) is 6.66 Å². The van der Waals surface area contributed by atoms with Crippen LogP contribution in [0.15, 0.2) is 60.7 Å². The molecule has 370 valence electrons. The van der Waals surface area contributed by atoms with E-state index in [0.29, 0.717) is 101 Å². The van der Waals surface area contributed by atoms with Gasteiger partial charge in [0.05, 0.1) is 17.8 Å². The van der Waals surface area contributed by atoms with Crippen molar-refractivity contribution in [2.75, 3.05) is 25.2 Å². The van der Waals surface area contributed by atoms with Gasteiger partial charge in [0.15, 0.2) is 7.37 Å². The van der Waals surface area contributed by atoms with E-state index in [9.17, 15) is 67.4 Å². The van der Waals surface area contributed by atoms with Gasteiger partial charge in [-0.2, -0.15) is 0 Å². The van der Waals surface area contributed by atoms with Crippen LogP contribution in [-0.4, -0.2) is 85.9 Å². The highest BCUT2D eigenvalue weighted by Crippen LogP contribution is 2.48. The smallest absolute Gasteiger partial charge is 0.317 e. The summed E-state index contributed by atoms with van der Waals surface area (Å²) in [7, 11) is -11.0. The van der Waals surface area contributed by atoms with Gasteiger partial charge in [0, 0.05) is 56.7 Å². The summed E-state index contributed by atoms with van der Waals surface area (Å²) in [5.74, 6) is -7.95. The maximum absolute atomic E-state index is 12.8. The van der Waals surface area contributed by atoms with Gasteiger partial charge in [-0.05, 0) is 49.7 Å². The zero-order valence-electron chi connectivity index (χ0n) is 38.3. The molecule has 0 saturated heterocycles. The van der Waals surface area contributed by atoms with Crippen molar-refractivity contribution in [3.63, 3.8) is 0 Å². The lowest BCUT2D eigenvalue weighted by atomic mass is 10.0. The standard InChI is InChI=1S/C47H71O16P3/c1-64(56,57)34-41(47(55)63-44(50)31-20-7-2-4-16-26-39(45(51)52)35-65(58,59)32-37-22-12-10-13-23-37)28-18-5-3-6-19-29-42(48)62-43(49)30-21-9-8-17-27-40(46(53)54)36-66(60,61)33-38-24-14-11-15-25-38/h10-15,22-25,39-41H,2-9,16-21,26-36H2,1H3,(H,51,52)(H,53,54)(H,56,57)(H,58,59)(H,60,61). The van der Waals surface area contributed by atoms with Gasteiger partial charge in [0.25, 0.3) is 0 Å². The lowest BCUT2D eigenvalue weighted by molar-refractivity contribution is -0.163. The minimum Gasteiger partial charge on any atom is -0.481 e. The van der Waals surface area contributed by atoms with Crippen LogP contribution in [0.25, 0.3) is 0 Å². The van der Waals surface area contributed by atoms with Crippen LogP contribution in [0.5, 0.6) is 0 Å². The highest BCUT2D eigenvalue weighted by molar-refractivity contribution is 7.57. The zero-order chi connectivity index (χ0) is 49.0. The van der Waals surface area contributed by atoms with Crippen molar-refractivity contribution >= 4 is 57.9 Å². The minimum absolute atomic E-state index is 0.0274. The fourth-order valence-corrected chi connectivity index (χ4v) is 12.7. The first kappa shape index (κ1) is 58.4. The summed E-state index contributed by atoms with van der Waals surface area (Å²) in [5, 5.41) is 19.2. The molecule has 6 atom stereocenters. The fraction of sp³-hybridized carbons (Fsp3) is 0.617. The molecule has 0 aliphatic heterocycles. The van der Waals surface area contributed by atoms with Crippen LogP contribution in [0, 0.1) is 17.8 Å². The number of esters is 4. The Kier molecular flexibility index (Phi) is 27.7. The van der Waals surface area contributed by atoms with Gasteiger partial charge in [0.1, 0.15) is 0 Å². The van der Waals surface area contributed by atoms with Gasteiger partial charge < -0.3 is 34.4 Å². The molecule has 0 saturated carbocycles. The molecular formula is C47H71O16P3. The Hall–Kier alpha value is -3.77. The van der Waals surface area contributed by atoms with E-state index < -0.39 is 75.7 Å². The molecule has 0 amide bonds. The summed E-state index contributed by atoms with van der Waals surface area (Å²) >= 11 is 0. The van der Waals surface area contributed by atoms with Crippen LogP contribution in [0.2, 0.25) is 0 Å². The van der Waals surface area contributed by atoms with Crippen molar-refractivity contribution < 1.29 is 76.8 Å². The van der Waals surface area contributed by atoms with E-state index in [2.05, 4.69) is 0 Å². The third-order valence-electron chi connectivity index (χ3n) is 11.1. The molecule has 16 nitrogen and oxygen atoms in total. The van der Waals surface area contributed by atoms with Crippen molar-refractivity contribution in [2.24, 2.45) is 17.8 Å². The Bertz CT molecular complexity index is 1950. The number of unbranched alkanes of at least 4 members (excludes halogenated alkanes) is 11. The van der Waals surface area contributed by atoms with Crippen LogP contribution in [0.1, 0.15) is 140 Å². The Morgan fingerprint density at radius 3 is 1.12 bits per heavy atom. The number of hydrogen-bond acceptors (Lipinski definition) is 11. The van der Waals surface area contributed by atoms with Gasteiger partial charge in [0.2, 0.25) is 14.7 Å². The van der Waals surface area contributed by atoms with E-state index in [1.807, 2.05) is 0 Å². The third kappa shape index (κ3) is 28.4. The molecule has 2 aromatic carbocycles. The monoisotopic (exact) mass is 984 g/mol. The summed E-state index contributed by atoms with van der Waals surface area (Å²) in [4.78, 5) is 104. The van der Waals surface area contributed by atoms with E-state index in [4.69, 9.17) is 9.47 Å². The van der Waals surface area contributed by atoms with Gasteiger partial charge in [-0.15, -0.1) is 0 Å². The molecule has 19 heteroatoms. The predicted molar refractivity (Wildman–Crippen MR) is 251 cm³/mol. The molecule has 2 aromatic rings. The molecule has 2 rings (SSSR count). The molecule has 0 aliphatic carbocycles. The number of carbonyl (C=O) groups is 6. The Morgan fingerprint density at radius 2 is 0.773 bits per heavy atom. The second-order valence-corrected chi connectivity index (χ2v) is 24.8. The number of benzene rings is 2. The zero-order valence-corrected chi connectivity index (χ0v) is 40.9. The first-order valence-electron chi connectivity index (χ1n) is 23.1. The van der Waals surface area contributed by atoms with E-state index >= 15 is 0 Å². The molecule has 0 radical (unpaired) electrons. The molecule has 6 unspecified atom stereocenters. The molecule has 0 heterocycles. The Labute approximate surface area is 389 Å². The SMILES string of the molecule is CP(=O)(O)CC(CCCCCCCC(=O)OC(=O)CCCCCCC(CP(=O)(O)Cc1ccccc1)C(=O)O)C(=O)OC(=O)CCCCCCCC(CP(=O)(O)Cc1ccccc1)C(=O)O. The third-order valence-corrected chi connectivity index (χ3v) is 16.0. The van der Waals surface area contributed by atoms with Crippen LogP contribution in [0.3, 0.4) is 0 Å². The number of carbonyl (C=O) groups excluding carboxylic acids is 4. The molecular weight excluding hydrogens is 913 g/mol. The molecule has 0 aliphatic rings. The number of ether oxygens (including phenoxy) is 2. The van der Waals surface area contributed by atoms with Gasteiger partial charge >= 0.3 is 35.8 Å². The Balaban J connectivity index is 1.56. The van der Waals surface area contributed by atoms with Crippen molar-refractivity contribution in [1.82, 2.24) is 0 Å². The summed E-state index contributed by atoms with van der Waals surface area (Å²) in [6.45, 7) is 1.14. The lowest BCUT2D eigenvalue weighted by Gasteiger charge is -2.17. The number of carboxylic acid groups (broad SMARTS) is 2. The van der Waals surface area contributed by atoms with Crippen molar-refractivity contribution in [3.8, 4) is 0 Å². The molecule has 66 heavy (non-hydrogen) atoms. The second-order valence-electron chi connectivity index (χ2n) is 17.6. The van der Waals surface area contributed by atoms with E-state index in [1.165, 1.54) is 0 Å². The van der Waals surface area contributed by atoms with Crippen LogP contribution in [0.4, 0.5) is 0 Å². The van der Waals surface area contributed by atoms with Crippen LogP contribution >= 0.6 is 22.1 Å². The van der Waals surface area contributed by atoms with Gasteiger partial charge in [-0.3, -0.25) is 42.5 Å². The number of hydrogen-bond donors (Lipinski definition) is 5. The average Bonchev–Trinajstić information content (AvgIpc) is 3.22. The number of carboxylic acids is 2. The molecule has 0 fully saturated rings. The first-order valence-corrected chi connectivity index (χ1v) is 29.4. The van der Waals surface area contributed by atoms with E-state index in [-0.39, 0.29) is 69.3 Å². The first-order chi connectivity index (χ1) is 31.1. The van der Waals surface area contributed by atoms with Crippen molar-refractivity contribution in [2.45, 2.75) is 141 Å². The van der Waals surface area contributed by atoms with E-state index in [1.54, 1.807) is 60.7 Å². The second kappa shape index (κ2) is 31.3. The van der Waals surface area contributed by atoms with Crippen LogP contribution < -0.4 is 0 Å². The van der Waals surface area contributed by atoms with Crippen LogP contribution in [-0.2, 0) is 64.3 Å². The van der Waals surface area contributed by atoms with Crippen molar-refractivity contribution in [3.05, 3.63) is 71.8 Å². The fourth-order valence-electron chi connectivity index (χ4n) is 7.70. The molecule has 5 N–H and O–H groups in total. The number of aliphatic carboxylic acids is 2. The minimum atomic E-state index is -3.70. The van der Waals surface area contributed by atoms with Gasteiger partial charge in [-0.25, -0.2) is 0 Å². The number of rotatable bonds is 36. The molecule has 0 bridgehead atoms. The maximum Gasteiger partial charge on any atom is 0.317 e. The maximum atomic E-state index is 12.8. The summed E-state index contributed by atoms with van der Waals surface area (Å²) in [5.41, 5.74) is 1.34. The largest absolute Gasteiger partial charge is 0.481 e. The average molecular weight is 985 g/mol. The van der Waals surface area contributed by atoms with Gasteiger partial charge in [-0.1, -0.05) is 131 Å². The molecule has 0 aromatic heterocycles. The summed E-state index contributed by atoms with van der Waals surface area (Å²) < 4.78 is 47.5. The summed E-state index contributed by atoms with van der Waals surface area (Å²) in [6, 6.07) is 17.5. The lowest BCUT2D eigenvalue weighted by Crippen LogP contribution is -2.24. The van der Waals surface area contributed by atoms with Crippen molar-refractivity contribution in [1.29, 1.82) is 0 Å². The molecule has 0 spiro atoms. The summed E-state index contributed by atoms with van der Waals surface area (Å²) in [6.07, 6.45) is 7.62. The predicted octanol–water partition coefficient (Wildman–Crippen LogP) is 9.79. The Morgan fingerprint density at radius 1 is 0.455 bits per heavy atom. The highest BCUT2D eigenvalue weighted by atomic mass is 31.2. The highest BCUT2D eigenvalue weighted by Gasteiger charge is 2.31.